The third-order valence-corrected chi connectivity index (χ3v) is 2.94. The molecule has 0 N–H and O–H groups in total. The fourth-order valence-electron chi connectivity index (χ4n) is 1.97. The Kier molecular flexibility index (Phi) is 2.77. The summed E-state index contributed by atoms with van der Waals surface area (Å²) in [5.41, 5.74) is 2.09. The second kappa shape index (κ2) is 4.08. The maximum atomic E-state index is 12.1. The second-order valence-electron chi connectivity index (χ2n) is 3.91. The number of benzene rings is 1. The SMILES string of the molecule is CCc1ccc2c(=O)n(CC)c(C)nc2c1. The molecule has 0 bridgehead atoms. The van der Waals surface area contributed by atoms with Crippen LogP contribution in [-0.4, -0.2) is 9.55 Å². The van der Waals surface area contributed by atoms with Crippen molar-refractivity contribution in [1.29, 1.82) is 0 Å². The van der Waals surface area contributed by atoms with E-state index >= 15 is 0 Å². The van der Waals surface area contributed by atoms with Crippen LogP contribution < -0.4 is 5.56 Å². The van der Waals surface area contributed by atoms with Crippen LogP contribution in [0, 0.1) is 6.92 Å². The maximum Gasteiger partial charge on any atom is 0.261 e. The van der Waals surface area contributed by atoms with Crippen molar-refractivity contribution in [3.05, 3.63) is 39.9 Å². The lowest BCUT2D eigenvalue weighted by Gasteiger charge is -2.08. The van der Waals surface area contributed by atoms with Gasteiger partial charge in [-0.25, -0.2) is 4.98 Å². The molecule has 16 heavy (non-hydrogen) atoms. The van der Waals surface area contributed by atoms with E-state index in [-0.39, 0.29) is 5.56 Å². The molecule has 0 aliphatic rings. The molecular weight excluding hydrogens is 200 g/mol. The fourth-order valence-corrected chi connectivity index (χ4v) is 1.97. The van der Waals surface area contributed by atoms with Crippen LogP contribution in [0.2, 0.25) is 0 Å². The summed E-state index contributed by atoms with van der Waals surface area (Å²) in [6, 6.07) is 5.89. The van der Waals surface area contributed by atoms with E-state index in [0.717, 1.165) is 17.8 Å². The Bertz CT molecular complexity index is 584. The van der Waals surface area contributed by atoms with Crippen LogP contribution in [0.1, 0.15) is 25.2 Å². The minimum atomic E-state index is 0.0626. The number of aromatic nitrogens is 2. The van der Waals surface area contributed by atoms with Gasteiger partial charge in [-0.2, -0.15) is 0 Å². The van der Waals surface area contributed by atoms with E-state index in [9.17, 15) is 4.79 Å². The molecule has 0 fully saturated rings. The molecule has 0 saturated carbocycles. The monoisotopic (exact) mass is 216 g/mol. The molecule has 0 saturated heterocycles. The lowest BCUT2D eigenvalue weighted by atomic mass is 10.1. The summed E-state index contributed by atoms with van der Waals surface area (Å²) in [6.07, 6.45) is 0.966. The van der Waals surface area contributed by atoms with Gasteiger partial charge in [0, 0.05) is 6.54 Å². The fraction of sp³-hybridized carbons (Fsp3) is 0.385. The van der Waals surface area contributed by atoms with E-state index in [1.807, 2.05) is 32.0 Å². The molecule has 1 aromatic heterocycles. The van der Waals surface area contributed by atoms with Crippen LogP contribution in [0.25, 0.3) is 10.9 Å². The highest BCUT2D eigenvalue weighted by atomic mass is 16.1. The predicted molar refractivity (Wildman–Crippen MR) is 65.8 cm³/mol. The van der Waals surface area contributed by atoms with Crippen LogP contribution >= 0.6 is 0 Å². The molecule has 2 rings (SSSR count). The molecule has 84 valence electrons. The highest BCUT2D eigenvalue weighted by Crippen LogP contribution is 2.11. The number of fused-ring (bicyclic) bond motifs is 1. The molecule has 0 aliphatic heterocycles. The molecule has 0 radical (unpaired) electrons. The Hall–Kier alpha value is -1.64. The predicted octanol–water partition coefficient (Wildman–Crippen LogP) is 2.29. The highest BCUT2D eigenvalue weighted by molar-refractivity contribution is 5.78. The van der Waals surface area contributed by atoms with Gasteiger partial charge in [0.05, 0.1) is 10.9 Å². The standard InChI is InChI=1S/C13H16N2O/c1-4-10-6-7-11-12(8-10)14-9(3)15(5-2)13(11)16/h6-8H,4-5H2,1-3H3. The number of hydrogen-bond acceptors (Lipinski definition) is 2. The zero-order valence-electron chi connectivity index (χ0n) is 9.95. The van der Waals surface area contributed by atoms with Gasteiger partial charge in [0.2, 0.25) is 0 Å². The van der Waals surface area contributed by atoms with Gasteiger partial charge in [-0.05, 0) is 38.0 Å². The van der Waals surface area contributed by atoms with Crippen molar-refractivity contribution in [2.24, 2.45) is 0 Å². The van der Waals surface area contributed by atoms with E-state index in [4.69, 9.17) is 0 Å². The van der Waals surface area contributed by atoms with Gasteiger partial charge in [-0.3, -0.25) is 9.36 Å². The Morgan fingerprint density at radius 1 is 1.31 bits per heavy atom. The second-order valence-corrected chi connectivity index (χ2v) is 3.91. The van der Waals surface area contributed by atoms with Gasteiger partial charge in [0.25, 0.3) is 5.56 Å². The molecule has 2 aromatic rings. The maximum absolute atomic E-state index is 12.1. The molecular formula is C13H16N2O. The van der Waals surface area contributed by atoms with Crippen molar-refractivity contribution in [3.63, 3.8) is 0 Å². The highest BCUT2D eigenvalue weighted by Gasteiger charge is 2.06. The lowest BCUT2D eigenvalue weighted by molar-refractivity contribution is 0.685. The molecule has 3 heteroatoms. The van der Waals surface area contributed by atoms with E-state index < -0.39 is 0 Å². The van der Waals surface area contributed by atoms with Crippen molar-refractivity contribution < 1.29 is 0 Å². The lowest BCUT2D eigenvalue weighted by Crippen LogP contribution is -2.22. The first-order valence-electron chi connectivity index (χ1n) is 5.67. The van der Waals surface area contributed by atoms with Crippen LogP contribution in [0.3, 0.4) is 0 Å². The van der Waals surface area contributed by atoms with Gasteiger partial charge in [0.1, 0.15) is 5.82 Å². The first kappa shape index (κ1) is 10.9. The van der Waals surface area contributed by atoms with Gasteiger partial charge in [-0.15, -0.1) is 0 Å². The zero-order chi connectivity index (χ0) is 11.7. The summed E-state index contributed by atoms with van der Waals surface area (Å²) in [5, 5.41) is 0.713. The zero-order valence-corrected chi connectivity index (χ0v) is 9.95. The quantitative estimate of drug-likeness (QED) is 0.772. The van der Waals surface area contributed by atoms with Crippen molar-refractivity contribution >= 4 is 10.9 Å². The summed E-state index contributed by atoms with van der Waals surface area (Å²) in [5.74, 6) is 0.785. The van der Waals surface area contributed by atoms with Crippen LogP contribution in [0.4, 0.5) is 0 Å². The first-order chi connectivity index (χ1) is 7.67. The summed E-state index contributed by atoms with van der Waals surface area (Å²) in [7, 11) is 0. The Morgan fingerprint density at radius 2 is 2.06 bits per heavy atom. The average Bonchev–Trinajstić information content (AvgIpc) is 2.28. The van der Waals surface area contributed by atoms with Gasteiger partial charge in [-0.1, -0.05) is 13.0 Å². The van der Waals surface area contributed by atoms with Crippen LogP contribution in [0.5, 0.6) is 0 Å². The van der Waals surface area contributed by atoms with Gasteiger partial charge < -0.3 is 0 Å². The molecule has 0 aliphatic carbocycles. The summed E-state index contributed by atoms with van der Waals surface area (Å²) < 4.78 is 1.70. The summed E-state index contributed by atoms with van der Waals surface area (Å²) >= 11 is 0. The number of nitrogens with zero attached hydrogens (tertiary/aromatic N) is 2. The number of aryl methyl sites for hydroxylation is 2. The van der Waals surface area contributed by atoms with Crippen LogP contribution in [0.15, 0.2) is 23.0 Å². The molecule has 3 nitrogen and oxygen atoms in total. The van der Waals surface area contributed by atoms with Gasteiger partial charge in [0.15, 0.2) is 0 Å². The topological polar surface area (TPSA) is 34.9 Å². The Morgan fingerprint density at radius 3 is 2.69 bits per heavy atom. The van der Waals surface area contributed by atoms with Crippen LogP contribution in [-0.2, 0) is 13.0 Å². The molecule has 0 spiro atoms. The number of hydrogen-bond donors (Lipinski definition) is 0. The molecule has 0 amide bonds. The molecule has 0 atom stereocenters. The van der Waals surface area contributed by atoms with Gasteiger partial charge >= 0.3 is 0 Å². The Labute approximate surface area is 94.7 Å². The normalized spacial score (nSPS) is 10.9. The number of rotatable bonds is 2. The van der Waals surface area contributed by atoms with E-state index in [0.29, 0.717) is 11.9 Å². The van der Waals surface area contributed by atoms with Crippen molar-refractivity contribution in [2.75, 3.05) is 0 Å². The van der Waals surface area contributed by atoms with E-state index in [2.05, 4.69) is 11.9 Å². The molecule has 1 heterocycles. The van der Waals surface area contributed by atoms with E-state index in [1.165, 1.54) is 5.56 Å². The molecule has 0 unspecified atom stereocenters. The minimum absolute atomic E-state index is 0.0626. The third-order valence-electron chi connectivity index (χ3n) is 2.94. The van der Waals surface area contributed by atoms with Crippen molar-refractivity contribution in [2.45, 2.75) is 33.7 Å². The summed E-state index contributed by atoms with van der Waals surface area (Å²) in [4.78, 5) is 16.6. The van der Waals surface area contributed by atoms with Crippen molar-refractivity contribution in [3.8, 4) is 0 Å². The third kappa shape index (κ3) is 1.62. The summed E-state index contributed by atoms with van der Waals surface area (Å²) in [6.45, 7) is 6.61. The smallest absolute Gasteiger partial charge is 0.261 e. The van der Waals surface area contributed by atoms with E-state index in [1.54, 1.807) is 4.57 Å². The largest absolute Gasteiger partial charge is 0.297 e. The minimum Gasteiger partial charge on any atom is -0.297 e. The van der Waals surface area contributed by atoms with Crippen molar-refractivity contribution in [1.82, 2.24) is 9.55 Å². The molecule has 1 aromatic carbocycles. The Balaban J connectivity index is 2.82. The first-order valence-corrected chi connectivity index (χ1v) is 5.67. The average molecular weight is 216 g/mol.